The van der Waals surface area contributed by atoms with Crippen molar-refractivity contribution in [3.05, 3.63) is 35.8 Å². The zero-order valence-corrected chi connectivity index (χ0v) is 10.8. The molecule has 0 N–H and O–H groups in total. The van der Waals surface area contributed by atoms with Crippen molar-refractivity contribution in [3.8, 4) is 5.82 Å². The Balaban J connectivity index is 2.53. The van der Waals surface area contributed by atoms with Crippen LogP contribution in [-0.4, -0.2) is 20.0 Å². The summed E-state index contributed by atoms with van der Waals surface area (Å²) in [4.78, 5) is 0. The molecule has 2 aromatic heterocycles. The predicted octanol–water partition coefficient (Wildman–Crippen LogP) is 2.68. The van der Waals surface area contributed by atoms with Crippen LogP contribution in [0.1, 0.15) is 31.0 Å². The average Bonchev–Trinajstić information content (AvgIpc) is 2.73. The molecule has 2 heterocycles. The maximum Gasteiger partial charge on any atom is 0.175 e. The Labute approximate surface area is 103 Å². The molecule has 4 nitrogen and oxygen atoms in total. The molecule has 0 saturated carbocycles. The first-order valence-electron chi connectivity index (χ1n) is 5.15. The Morgan fingerprint density at radius 1 is 1.44 bits per heavy atom. The van der Waals surface area contributed by atoms with Crippen LogP contribution in [0.2, 0.25) is 0 Å². The van der Waals surface area contributed by atoms with E-state index in [0.717, 1.165) is 11.1 Å². The van der Waals surface area contributed by atoms with Crippen molar-refractivity contribution < 1.29 is 0 Å². The van der Waals surface area contributed by atoms with Crippen LogP contribution in [0, 0.1) is 0 Å². The Morgan fingerprint density at radius 2 is 2.25 bits per heavy atom. The summed E-state index contributed by atoms with van der Waals surface area (Å²) in [6.07, 6.45) is 3.53. The van der Waals surface area contributed by atoms with Gasteiger partial charge in [0.05, 0.1) is 11.9 Å². The third kappa shape index (κ3) is 2.00. The second-order valence-corrected chi connectivity index (χ2v) is 4.40. The quantitative estimate of drug-likeness (QED) is 0.812. The molecule has 2 aromatic rings. The SMILES string of the molecule is CC(C)c1c(CBr)cnn1-c1cccnn1. The first-order valence-corrected chi connectivity index (χ1v) is 6.27. The molecule has 0 unspecified atom stereocenters. The summed E-state index contributed by atoms with van der Waals surface area (Å²) in [5.41, 5.74) is 2.37. The van der Waals surface area contributed by atoms with E-state index in [9.17, 15) is 0 Å². The molecule has 0 bridgehead atoms. The summed E-state index contributed by atoms with van der Waals surface area (Å²) >= 11 is 3.47. The lowest BCUT2D eigenvalue weighted by Gasteiger charge is -2.10. The number of rotatable bonds is 3. The summed E-state index contributed by atoms with van der Waals surface area (Å²) in [5, 5.41) is 13.1. The van der Waals surface area contributed by atoms with E-state index in [-0.39, 0.29) is 0 Å². The number of halogens is 1. The van der Waals surface area contributed by atoms with E-state index < -0.39 is 0 Å². The molecule has 0 amide bonds. The lowest BCUT2D eigenvalue weighted by atomic mass is 10.1. The number of hydrogen-bond acceptors (Lipinski definition) is 3. The highest BCUT2D eigenvalue weighted by Gasteiger charge is 2.15. The topological polar surface area (TPSA) is 43.6 Å². The van der Waals surface area contributed by atoms with Crippen molar-refractivity contribution in [3.63, 3.8) is 0 Å². The van der Waals surface area contributed by atoms with E-state index in [4.69, 9.17) is 0 Å². The first-order chi connectivity index (χ1) is 7.74. The van der Waals surface area contributed by atoms with E-state index in [2.05, 4.69) is 45.1 Å². The van der Waals surface area contributed by atoms with Gasteiger partial charge in [-0.3, -0.25) is 0 Å². The normalized spacial score (nSPS) is 11.0. The van der Waals surface area contributed by atoms with E-state index in [1.54, 1.807) is 6.20 Å². The highest BCUT2D eigenvalue weighted by Crippen LogP contribution is 2.23. The lowest BCUT2D eigenvalue weighted by molar-refractivity contribution is 0.707. The monoisotopic (exact) mass is 280 g/mol. The largest absolute Gasteiger partial charge is 0.217 e. The van der Waals surface area contributed by atoms with Gasteiger partial charge < -0.3 is 0 Å². The maximum atomic E-state index is 4.36. The molecule has 5 heteroatoms. The molecular weight excluding hydrogens is 268 g/mol. The van der Waals surface area contributed by atoms with Gasteiger partial charge in [-0.25, -0.2) is 4.68 Å². The second kappa shape index (κ2) is 4.74. The van der Waals surface area contributed by atoms with Crippen LogP contribution in [0.3, 0.4) is 0 Å². The summed E-state index contributed by atoms with van der Waals surface area (Å²) < 4.78 is 1.86. The predicted molar refractivity (Wildman–Crippen MR) is 65.9 cm³/mol. The van der Waals surface area contributed by atoms with Gasteiger partial charge in [0.2, 0.25) is 0 Å². The molecule has 0 saturated heterocycles. The minimum absolute atomic E-state index is 0.400. The van der Waals surface area contributed by atoms with Gasteiger partial charge in [-0.1, -0.05) is 29.8 Å². The van der Waals surface area contributed by atoms with Gasteiger partial charge in [0.1, 0.15) is 0 Å². The Morgan fingerprint density at radius 3 is 2.81 bits per heavy atom. The zero-order chi connectivity index (χ0) is 11.5. The molecule has 2 rings (SSSR count). The van der Waals surface area contributed by atoms with Crippen LogP contribution in [0.4, 0.5) is 0 Å². The van der Waals surface area contributed by atoms with Gasteiger partial charge in [0.15, 0.2) is 5.82 Å². The molecule has 0 aromatic carbocycles. The van der Waals surface area contributed by atoms with Crippen LogP contribution in [0.15, 0.2) is 24.5 Å². The van der Waals surface area contributed by atoms with Gasteiger partial charge in [-0.05, 0) is 18.1 Å². The van der Waals surface area contributed by atoms with Gasteiger partial charge in [0, 0.05) is 17.1 Å². The van der Waals surface area contributed by atoms with E-state index >= 15 is 0 Å². The van der Waals surface area contributed by atoms with Crippen molar-refractivity contribution >= 4 is 15.9 Å². The second-order valence-electron chi connectivity index (χ2n) is 3.84. The van der Waals surface area contributed by atoms with Crippen LogP contribution in [0.5, 0.6) is 0 Å². The first kappa shape index (κ1) is 11.3. The number of hydrogen-bond donors (Lipinski definition) is 0. The van der Waals surface area contributed by atoms with E-state index in [1.165, 1.54) is 11.3 Å². The van der Waals surface area contributed by atoms with Crippen LogP contribution < -0.4 is 0 Å². The number of aromatic nitrogens is 4. The van der Waals surface area contributed by atoms with Crippen molar-refractivity contribution in [1.82, 2.24) is 20.0 Å². The summed E-state index contributed by atoms with van der Waals surface area (Å²) in [6, 6.07) is 3.77. The molecule has 84 valence electrons. The summed E-state index contributed by atoms with van der Waals surface area (Å²) in [5.74, 6) is 1.16. The molecule has 0 aliphatic heterocycles. The highest BCUT2D eigenvalue weighted by molar-refractivity contribution is 9.08. The van der Waals surface area contributed by atoms with Crippen LogP contribution in [0.25, 0.3) is 5.82 Å². The molecule has 0 atom stereocenters. The Bertz CT molecular complexity index is 464. The summed E-state index contributed by atoms with van der Waals surface area (Å²) in [7, 11) is 0. The van der Waals surface area contributed by atoms with Crippen molar-refractivity contribution in [2.24, 2.45) is 0 Å². The zero-order valence-electron chi connectivity index (χ0n) is 9.26. The average molecular weight is 281 g/mol. The molecule has 0 spiro atoms. The van der Waals surface area contributed by atoms with Crippen molar-refractivity contribution in [2.45, 2.75) is 25.1 Å². The van der Waals surface area contributed by atoms with Gasteiger partial charge in [0.25, 0.3) is 0 Å². The fourth-order valence-corrected chi connectivity index (χ4v) is 2.13. The minimum Gasteiger partial charge on any atom is -0.217 e. The fourth-order valence-electron chi connectivity index (χ4n) is 1.70. The molecular formula is C11H13BrN4. The van der Waals surface area contributed by atoms with Crippen LogP contribution in [-0.2, 0) is 5.33 Å². The Kier molecular flexibility index (Phi) is 3.33. The molecule has 16 heavy (non-hydrogen) atoms. The van der Waals surface area contributed by atoms with Gasteiger partial charge in [-0.15, -0.1) is 5.10 Å². The van der Waals surface area contributed by atoms with E-state index in [1.807, 2.05) is 23.0 Å². The van der Waals surface area contributed by atoms with Crippen molar-refractivity contribution in [2.75, 3.05) is 0 Å². The Hall–Kier alpha value is -1.23. The molecule has 0 fully saturated rings. The highest BCUT2D eigenvalue weighted by atomic mass is 79.9. The maximum absolute atomic E-state index is 4.36. The standard InChI is InChI=1S/C11H13BrN4/c1-8(2)11-9(6-12)7-14-16(11)10-4-3-5-13-15-10/h3-5,7-8H,6H2,1-2H3. The third-order valence-electron chi connectivity index (χ3n) is 2.35. The summed E-state index contributed by atoms with van der Waals surface area (Å²) in [6.45, 7) is 4.30. The molecule has 0 aliphatic carbocycles. The van der Waals surface area contributed by atoms with Crippen LogP contribution >= 0.6 is 15.9 Å². The number of alkyl halides is 1. The fraction of sp³-hybridized carbons (Fsp3) is 0.364. The minimum atomic E-state index is 0.400. The van der Waals surface area contributed by atoms with E-state index in [0.29, 0.717) is 5.92 Å². The molecule has 0 aliphatic rings. The lowest BCUT2D eigenvalue weighted by Crippen LogP contribution is -2.07. The number of nitrogens with zero attached hydrogens (tertiary/aromatic N) is 4. The smallest absolute Gasteiger partial charge is 0.175 e. The van der Waals surface area contributed by atoms with Gasteiger partial charge in [-0.2, -0.15) is 10.2 Å². The van der Waals surface area contributed by atoms with Gasteiger partial charge >= 0.3 is 0 Å². The molecule has 0 radical (unpaired) electrons. The van der Waals surface area contributed by atoms with Crippen molar-refractivity contribution in [1.29, 1.82) is 0 Å². The third-order valence-corrected chi connectivity index (χ3v) is 2.96.